The molecule has 0 aromatic rings. The van der Waals surface area contributed by atoms with E-state index in [0.29, 0.717) is 6.04 Å². The van der Waals surface area contributed by atoms with E-state index in [1.54, 1.807) is 0 Å². The van der Waals surface area contributed by atoms with Crippen molar-refractivity contribution in [2.45, 2.75) is 50.7 Å². The Bertz CT molecular complexity index is 132. The summed E-state index contributed by atoms with van der Waals surface area (Å²) in [5.41, 5.74) is 5.95. The van der Waals surface area contributed by atoms with Crippen LogP contribution < -0.4 is 5.73 Å². The van der Waals surface area contributed by atoms with Gasteiger partial charge in [0.2, 0.25) is 0 Å². The van der Waals surface area contributed by atoms with Crippen LogP contribution in [-0.2, 0) is 0 Å². The van der Waals surface area contributed by atoms with Gasteiger partial charge >= 0.3 is 0 Å². The molecule has 2 heterocycles. The van der Waals surface area contributed by atoms with Crippen molar-refractivity contribution in [2.75, 3.05) is 6.54 Å². The van der Waals surface area contributed by atoms with Gasteiger partial charge in [-0.25, -0.2) is 0 Å². The number of nitrogens with zero attached hydrogens (tertiary/aromatic N) is 1. The van der Waals surface area contributed by atoms with Crippen LogP contribution in [0.2, 0.25) is 0 Å². The van der Waals surface area contributed by atoms with Crippen molar-refractivity contribution in [3.8, 4) is 0 Å². The van der Waals surface area contributed by atoms with E-state index in [4.69, 9.17) is 5.73 Å². The first-order chi connectivity index (χ1) is 5.31. The van der Waals surface area contributed by atoms with Crippen molar-refractivity contribution in [1.82, 2.24) is 4.90 Å². The molecule has 2 heteroatoms. The zero-order valence-corrected chi connectivity index (χ0v) is 7.29. The number of piperidine rings is 1. The summed E-state index contributed by atoms with van der Waals surface area (Å²) < 4.78 is 0. The number of nitrogens with two attached hydrogens (primary N) is 1. The molecular formula is C9H18N2. The molecule has 0 saturated carbocycles. The Balaban J connectivity index is 2.06. The Hall–Kier alpha value is -0.0800. The predicted molar refractivity (Wildman–Crippen MR) is 46.4 cm³/mol. The van der Waals surface area contributed by atoms with Gasteiger partial charge < -0.3 is 5.73 Å². The summed E-state index contributed by atoms with van der Waals surface area (Å²) in [4.78, 5) is 2.64. The second kappa shape index (κ2) is 2.76. The largest absolute Gasteiger partial charge is 0.328 e. The summed E-state index contributed by atoms with van der Waals surface area (Å²) in [6.45, 7) is 3.49. The van der Waals surface area contributed by atoms with Crippen LogP contribution in [-0.4, -0.2) is 29.6 Å². The van der Waals surface area contributed by atoms with Gasteiger partial charge in [-0.3, -0.25) is 4.90 Å². The smallest absolute Gasteiger partial charge is 0.0113 e. The van der Waals surface area contributed by atoms with Crippen LogP contribution in [0.4, 0.5) is 0 Å². The molecule has 2 N–H and O–H groups in total. The van der Waals surface area contributed by atoms with E-state index in [9.17, 15) is 0 Å². The molecule has 2 saturated heterocycles. The lowest BCUT2D eigenvalue weighted by Crippen LogP contribution is -2.47. The van der Waals surface area contributed by atoms with Gasteiger partial charge in [0, 0.05) is 18.1 Å². The zero-order chi connectivity index (χ0) is 7.84. The molecule has 0 radical (unpaired) electrons. The van der Waals surface area contributed by atoms with E-state index in [2.05, 4.69) is 11.8 Å². The van der Waals surface area contributed by atoms with Crippen LogP contribution in [0.15, 0.2) is 0 Å². The van der Waals surface area contributed by atoms with E-state index in [1.165, 1.54) is 32.2 Å². The van der Waals surface area contributed by atoms with Crippen molar-refractivity contribution in [3.05, 3.63) is 0 Å². The van der Waals surface area contributed by atoms with Crippen LogP contribution >= 0.6 is 0 Å². The van der Waals surface area contributed by atoms with Crippen LogP contribution in [0.3, 0.4) is 0 Å². The quantitative estimate of drug-likeness (QED) is 0.609. The second-order valence-electron chi connectivity index (χ2n) is 3.95. The minimum atomic E-state index is 0.496. The summed E-state index contributed by atoms with van der Waals surface area (Å²) in [7, 11) is 0. The van der Waals surface area contributed by atoms with Crippen LogP contribution in [0.5, 0.6) is 0 Å². The van der Waals surface area contributed by atoms with Crippen molar-refractivity contribution < 1.29 is 0 Å². The van der Waals surface area contributed by atoms with E-state index in [-0.39, 0.29) is 0 Å². The van der Waals surface area contributed by atoms with Crippen LogP contribution in [0, 0.1) is 0 Å². The summed E-state index contributed by atoms with van der Waals surface area (Å²) in [6.07, 6.45) is 5.27. The topological polar surface area (TPSA) is 29.3 Å². The van der Waals surface area contributed by atoms with Gasteiger partial charge in [0.05, 0.1) is 0 Å². The summed E-state index contributed by atoms with van der Waals surface area (Å²) in [5.74, 6) is 0. The first kappa shape index (κ1) is 7.56. The molecule has 2 rings (SSSR count). The van der Waals surface area contributed by atoms with E-state index >= 15 is 0 Å². The number of hydrogen-bond donors (Lipinski definition) is 1. The third-order valence-electron chi connectivity index (χ3n) is 3.29. The van der Waals surface area contributed by atoms with Crippen molar-refractivity contribution in [1.29, 1.82) is 0 Å². The minimum absolute atomic E-state index is 0.496. The second-order valence-corrected chi connectivity index (χ2v) is 3.95. The van der Waals surface area contributed by atoms with Gasteiger partial charge in [0.15, 0.2) is 0 Å². The first-order valence-corrected chi connectivity index (χ1v) is 4.82. The molecule has 0 aromatic carbocycles. The molecule has 0 amide bonds. The Morgan fingerprint density at radius 3 is 2.27 bits per heavy atom. The average molecular weight is 154 g/mol. The Labute approximate surface area is 68.7 Å². The van der Waals surface area contributed by atoms with Crippen LogP contribution in [0.1, 0.15) is 32.6 Å². The number of rotatable bonds is 1. The van der Waals surface area contributed by atoms with Gasteiger partial charge in [-0.05, 0) is 32.2 Å². The summed E-state index contributed by atoms with van der Waals surface area (Å²) >= 11 is 0. The van der Waals surface area contributed by atoms with Gasteiger partial charge in [0.25, 0.3) is 0 Å². The molecule has 2 unspecified atom stereocenters. The molecule has 2 aliphatic heterocycles. The highest BCUT2D eigenvalue weighted by molar-refractivity contribution is 4.95. The van der Waals surface area contributed by atoms with Gasteiger partial charge in [-0.15, -0.1) is 0 Å². The fraction of sp³-hybridized carbons (Fsp3) is 1.00. The molecule has 0 spiro atoms. The Morgan fingerprint density at radius 2 is 1.82 bits per heavy atom. The SMILES string of the molecule is CCN1C2CC[C@H]1CC(N)C2. The summed E-state index contributed by atoms with van der Waals surface area (Å²) in [6, 6.07) is 2.15. The molecule has 0 aliphatic carbocycles. The molecule has 2 nitrogen and oxygen atoms in total. The fourth-order valence-electron chi connectivity index (χ4n) is 2.83. The van der Waals surface area contributed by atoms with Crippen molar-refractivity contribution in [3.63, 3.8) is 0 Å². The Morgan fingerprint density at radius 1 is 1.27 bits per heavy atom. The third kappa shape index (κ3) is 1.18. The van der Waals surface area contributed by atoms with Gasteiger partial charge in [0.1, 0.15) is 0 Å². The lowest BCUT2D eigenvalue weighted by molar-refractivity contribution is 0.135. The molecule has 11 heavy (non-hydrogen) atoms. The first-order valence-electron chi connectivity index (χ1n) is 4.82. The van der Waals surface area contributed by atoms with Crippen molar-refractivity contribution >= 4 is 0 Å². The standard InChI is InChI=1S/C9H18N2/c1-2-11-8-3-4-9(11)6-7(10)5-8/h7-9H,2-6,10H2,1H3/t7?,8-,9?/m0/s1. The van der Waals surface area contributed by atoms with Crippen molar-refractivity contribution in [2.24, 2.45) is 5.73 Å². The molecule has 3 atom stereocenters. The maximum atomic E-state index is 5.95. The monoisotopic (exact) mass is 154 g/mol. The normalized spacial score (nSPS) is 44.7. The highest BCUT2D eigenvalue weighted by Crippen LogP contribution is 2.34. The zero-order valence-electron chi connectivity index (χ0n) is 7.29. The fourth-order valence-corrected chi connectivity index (χ4v) is 2.83. The molecular weight excluding hydrogens is 136 g/mol. The molecule has 2 bridgehead atoms. The minimum Gasteiger partial charge on any atom is -0.328 e. The maximum absolute atomic E-state index is 5.95. The number of fused-ring (bicyclic) bond motifs is 2. The Kier molecular flexibility index (Phi) is 1.90. The maximum Gasteiger partial charge on any atom is 0.0113 e. The summed E-state index contributed by atoms with van der Waals surface area (Å²) in [5, 5.41) is 0. The molecule has 0 aromatic heterocycles. The molecule has 2 aliphatic rings. The van der Waals surface area contributed by atoms with Crippen LogP contribution in [0.25, 0.3) is 0 Å². The number of hydrogen-bond acceptors (Lipinski definition) is 2. The average Bonchev–Trinajstić information content (AvgIpc) is 2.23. The third-order valence-corrected chi connectivity index (χ3v) is 3.29. The lowest BCUT2D eigenvalue weighted by Gasteiger charge is -2.36. The molecule has 2 fully saturated rings. The lowest BCUT2D eigenvalue weighted by atomic mass is 9.98. The van der Waals surface area contributed by atoms with E-state index < -0.39 is 0 Å². The predicted octanol–water partition coefficient (Wildman–Crippen LogP) is 0.960. The van der Waals surface area contributed by atoms with Gasteiger partial charge in [-0.1, -0.05) is 6.92 Å². The highest BCUT2D eigenvalue weighted by Gasteiger charge is 2.38. The van der Waals surface area contributed by atoms with E-state index in [0.717, 1.165) is 12.1 Å². The molecule has 64 valence electrons. The highest BCUT2D eigenvalue weighted by atomic mass is 15.2. The van der Waals surface area contributed by atoms with E-state index in [1.807, 2.05) is 0 Å². The van der Waals surface area contributed by atoms with Gasteiger partial charge in [-0.2, -0.15) is 0 Å².